The molecule has 0 N–H and O–H groups in total. The summed E-state index contributed by atoms with van der Waals surface area (Å²) in [5.41, 5.74) is 0.786. The summed E-state index contributed by atoms with van der Waals surface area (Å²) < 4.78 is 18.6. The van der Waals surface area contributed by atoms with Crippen LogP contribution in [0.5, 0.6) is 0 Å². The van der Waals surface area contributed by atoms with Gasteiger partial charge in [0.25, 0.3) is 0 Å². The summed E-state index contributed by atoms with van der Waals surface area (Å²) in [6.45, 7) is 2.90. The number of hydrogen-bond donors (Lipinski definition) is 0. The van der Waals surface area contributed by atoms with Crippen LogP contribution < -0.4 is 0 Å². The average Bonchev–Trinajstić information content (AvgIpc) is 2.98. The van der Waals surface area contributed by atoms with E-state index in [1.807, 2.05) is 13.0 Å². The molecule has 0 radical (unpaired) electrons. The van der Waals surface area contributed by atoms with Gasteiger partial charge < -0.3 is 9.42 Å². The van der Waals surface area contributed by atoms with Gasteiger partial charge in [-0.1, -0.05) is 24.2 Å². The number of halogens is 1. The van der Waals surface area contributed by atoms with E-state index < -0.39 is 0 Å². The number of nitrogens with zero attached hydrogens (tertiary/aromatic N) is 3. The number of piperidine rings is 1. The molecule has 116 valence electrons. The van der Waals surface area contributed by atoms with Crippen LogP contribution in [0.15, 0.2) is 28.8 Å². The molecule has 0 saturated carbocycles. The SMILES string of the molecule is CCc1noc([C@@H]2CCC(=O)N(Cc3cccc(F)c3)C2)n1. The summed E-state index contributed by atoms with van der Waals surface area (Å²) in [6, 6.07) is 6.33. The molecule has 1 saturated heterocycles. The van der Waals surface area contributed by atoms with Gasteiger partial charge in [-0.3, -0.25) is 4.79 Å². The Morgan fingerprint density at radius 2 is 2.32 bits per heavy atom. The van der Waals surface area contributed by atoms with Crippen LogP contribution in [0.1, 0.15) is 43.0 Å². The molecule has 1 aromatic heterocycles. The molecular formula is C16H18FN3O2. The average molecular weight is 303 g/mol. The third-order valence-corrected chi connectivity index (χ3v) is 3.91. The van der Waals surface area contributed by atoms with Gasteiger partial charge in [-0.05, 0) is 24.1 Å². The minimum atomic E-state index is -0.289. The minimum Gasteiger partial charge on any atom is -0.339 e. The second-order valence-corrected chi connectivity index (χ2v) is 5.54. The van der Waals surface area contributed by atoms with Crippen LogP contribution in [-0.2, 0) is 17.8 Å². The number of carbonyl (C=O) groups is 1. The Labute approximate surface area is 128 Å². The van der Waals surface area contributed by atoms with Crippen LogP contribution in [0.2, 0.25) is 0 Å². The van der Waals surface area contributed by atoms with Gasteiger partial charge >= 0.3 is 0 Å². The van der Waals surface area contributed by atoms with Gasteiger partial charge in [-0.25, -0.2) is 4.39 Å². The Morgan fingerprint density at radius 1 is 1.45 bits per heavy atom. The first kappa shape index (κ1) is 14.7. The lowest BCUT2D eigenvalue weighted by atomic mass is 9.97. The van der Waals surface area contributed by atoms with Crippen molar-refractivity contribution < 1.29 is 13.7 Å². The highest BCUT2D eigenvalue weighted by Gasteiger charge is 2.30. The summed E-state index contributed by atoms with van der Waals surface area (Å²) in [5.74, 6) is 1.12. The second kappa shape index (κ2) is 6.25. The summed E-state index contributed by atoms with van der Waals surface area (Å²) in [7, 11) is 0. The molecule has 1 aliphatic rings. The molecule has 2 heterocycles. The van der Waals surface area contributed by atoms with Crippen molar-refractivity contribution in [1.82, 2.24) is 15.0 Å². The van der Waals surface area contributed by atoms with Crippen molar-refractivity contribution in [3.63, 3.8) is 0 Å². The van der Waals surface area contributed by atoms with E-state index in [9.17, 15) is 9.18 Å². The van der Waals surface area contributed by atoms with E-state index in [0.29, 0.717) is 37.6 Å². The Bertz CT molecular complexity index is 671. The fourth-order valence-electron chi connectivity index (χ4n) is 2.70. The second-order valence-electron chi connectivity index (χ2n) is 5.54. The zero-order chi connectivity index (χ0) is 15.5. The Hall–Kier alpha value is -2.24. The van der Waals surface area contributed by atoms with Crippen molar-refractivity contribution in [2.75, 3.05) is 6.54 Å². The molecule has 1 amide bonds. The molecule has 0 spiro atoms. The van der Waals surface area contributed by atoms with E-state index in [2.05, 4.69) is 10.1 Å². The first-order chi connectivity index (χ1) is 10.7. The zero-order valence-corrected chi connectivity index (χ0v) is 12.5. The number of rotatable bonds is 4. The molecule has 1 fully saturated rings. The maximum Gasteiger partial charge on any atom is 0.231 e. The number of aromatic nitrogens is 2. The zero-order valence-electron chi connectivity index (χ0n) is 12.5. The van der Waals surface area contributed by atoms with Crippen molar-refractivity contribution in [3.8, 4) is 0 Å². The monoisotopic (exact) mass is 303 g/mol. The molecule has 6 heteroatoms. The first-order valence-corrected chi connectivity index (χ1v) is 7.50. The highest BCUT2D eigenvalue weighted by atomic mass is 19.1. The Balaban J connectivity index is 1.72. The molecule has 1 aliphatic heterocycles. The first-order valence-electron chi connectivity index (χ1n) is 7.50. The fraction of sp³-hybridized carbons (Fsp3) is 0.438. The predicted octanol–water partition coefficient (Wildman–Crippen LogP) is 2.68. The number of likely N-dealkylation sites (tertiary alicyclic amines) is 1. The van der Waals surface area contributed by atoms with E-state index in [1.165, 1.54) is 12.1 Å². The molecule has 22 heavy (non-hydrogen) atoms. The Kier molecular flexibility index (Phi) is 4.18. The third-order valence-electron chi connectivity index (χ3n) is 3.91. The maximum atomic E-state index is 13.3. The summed E-state index contributed by atoms with van der Waals surface area (Å²) in [6.07, 6.45) is 1.88. The molecule has 1 atom stereocenters. The summed E-state index contributed by atoms with van der Waals surface area (Å²) in [4.78, 5) is 18.2. The van der Waals surface area contributed by atoms with Crippen LogP contribution in [-0.4, -0.2) is 27.5 Å². The normalized spacial score (nSPS) is 18.7. The van der Waals surface area contributed by atoms with Gasteiger partial charge in [-0.15, -0.1) is 0 Å². The van der Waals surface area contributed by atoms with Crippen molar-refractivity contribution >= 4 is 5.91 Å². The summed E-state index contributed by atoms with van der Waals surface area (Å²) >= 11 is 0. The van der Waals surface area contributed by atoms with Crippen LogP contribution in [0, 0.1) is 5.82 Å². The van der Waals surface area contributed by atoms with E-state index in [1.54, 1.807) is 11.0 Å². The predicted molar refractivity (Wildman–Crippen MR) is 77.5 cm³/mol. The number of aryl methyl sites for hydroxylation is 1. The molecule has 2 aromatic rings. The van der Waals surface area contributed by atoms with Crippen LogP contribution in [0.25, 0.3) is 0 Å². The lowest BCUT2D eigenvalue weighted by Gasteiger charge is -2.31. The minimum absolute atomic E-state index is 0.0547. The molecule has 0 unspecified atom stereocenters. The quantitative estimate of drug-likeness (QED) is 0.871. The standard InChI is InChI=1S/C16H18FN3O2/c1-2-14-18-16(22-19-14)12-6-7-15(21)20(10-12)9-11-4-3-5-13(17)8-11/h3-5,8,12H,2,6-7,9-10H2,1H3/t12-/m1/s1. The lowest BCUT2D eigenvalue weighted by molar-refractivity contribution is -0.134. The molecular weight excluding hydrogens is 285 g/mol. The summed E-state index contributed by atoms with van der Waals surface area (Å²) in [5, 5.41) is 3.91. The van der Waals surface area contributed by atoms with Crippen LogP contribution in [0.3, 0.4) is 0 Å². The Morgan fingerprint density at radius 3 is 3.05 bits per heavy atom. The van der Waals surface area contributed by atoms with E-state index in [-0.39, 0.29) is 17.6 Å². The van der Waals surface area contributed by atoms with Crippen molar-refractivity contribution in [1.29, 1.82) is 0 Å². The van der Waals surface area contributed by atoms with Crippen LogP contribution >= 0.6 is 0 Å². The van der Waals surface area contributed by atoms with Gasteiger partial charge in [-0.2, -0.15) is 4.98 Å². The molecule has 1 aromatic carbocycles. The van der Waals surface area contributed by atoms with Gasteiger partial charge in [0.2, 0.25) is 11.8 Å². The number of hydrogen-bond acceptors (Lipinski definition) is 4. The smallest absolute Gasteiger partial charge is 0.231 e. The van der Waals surface area contributed by atoms with Crippen molar-refractivity contribution in [3.05, 3.63) is 47.4 Å². The number of amides is 1. The molecule has 3 rings (SSSR count). The van der Waals surface area contributed by atoms with Crippen molar-refractivity contribution in [2.45, 2.75) is 38.6 Å². The van der Waals surface area contributed by atoms with E-state index >= 15 is 0 Å². The van der Waals surface area contributed by atoms with Gasteiger partial charge in [0.1, 0.15) is 5.82 Å². The topological polar surface area (TPSA) is 59.2 Å². The lowest BCUT2D eigenvalue weighted by Crippen LogP contribution is -2.38. The maximum absolute atomic E-state index is 13.3. The van der Waals surface area contributed by atoms with Crippen molar-refractivity contribution in [2.24, 2.45) is 0 Å². The molecule has 0 aliphatic carbocycles. The number of carbonyl (C=O) groups excluding carboxylic acids is 1. The molecule has 5 nitrogen and oxygen atoms in total. The van der Waals surface area contributed by atoms with E-state index in [0.717, 1.165) is 12.0 Å². The van der Waals surface area contributed by atoms with Gasteiger partial charge in [0.05, 0.1) is 5.92 Å². The molecule has 0 bridgehead atoms. The fourth-order valence-corrected chi connectivity index (χ4v) is 2.70. The van der Waals surface area contributed by atoms with Crippen LogP contribution in [0.4, 0.5) is 4.39 Å². The van der Waals surface area contributed by atoms with E-state index in [4.69, 9.17) is 4.52 Å². The van der Waals surface area contributed by atoms with Gasteiger partial charge in [0.15, 0.2) is 5.82 Å². The third kappa shape index (κ3) is 3.16. The van der Waals surface area contributed by atoms with Gasteiger partial charge in [0, 0.05) is 25.9 Å². The highest BCUT2D eigenvalue weighted by Crippen LogP contribution is 2.27. The highest BCUT2D eigenvalue weighted by molar-refractivity contribution is 5.77. The number of benzene rings is 1. The largest absolute Gasteiger partial charge is 0.339 e.